The number of aryl methyl sites for hydroxylation is 2. The van der Waals surface area contributed by atoms with Crippen LogP contribution in [0.25, 0.3) is 5.65 Å². The van der Waals surface area contributed by atoms with Gasteiger partial charge < -0.3 is 10.6 Å². The van der Waals surface area contributed by atoms with E-state index >= 15 is 0 Å². The van der Waals surface area contributed by atoms with Crippen molar-refractivity contribution in [3.8, 4) is 0 Å². The van der Waals surface area contributed by atoms with Crippen molar-refractivity contribution in [1.82, 2.24) is 14.6 Å². The molecule has 2 heterocycles. The van der Waals surface area contributed by atoms with Crippen LogP contribution in [0.15, 0.2) is 60.8 Å². The van der Waals surface area contributed by atoms with Crippen molar-refractivity contribution >= 4 is 34.5 Å². The fourth-order valence-electron chi connectivity index (χ4n) is 3.40. The predicted octanol–water partition coefficient (Wildman–Crippen LogP) is 5.42. The first-order chi connectivity index (χ1) is 14.4. The molecule has 2 aromatic heterocycles. The van der Waals surface area contributed by atoms with Gasteiger partial charge in [-0.25, -0.2) is 9.50 Å². The van der Waals surface area contributed by atoms with Gasteiger partial charge >= 0.3 is 0 Å². The highest BCUT2D eigenvalue weighted by atomic mass is 35.5. The van der Waals surface area contributed by atoms with Crippen molar-refractivity contribution in [2.45, 2.75) is 26.8 Å². The lowest BCUT2D eigenvalue weighted by Gasteiger charge is -2.17. The van der Waals surface area contributed by atoms with E-state index in [2.05, 4.69) is 39.8 Å². The number of carbonyl (C=O) groups is 1. The molecule has 0 aliphatic heterocycles. The molecular weight excluding hydrogens is 398 g/mol. The standard InChI is InChI=1S/C23H22ClN5O/c1-14-11-15(2)29-22(26-14)19(13-25-29)23(30)28-18-9-10-21(20(24)12-18)27-16(3)17-7-5-4-6-8-17/h4-13,16,27H,1-3H3,(H,28,30). The fraction of sp³-hybridized carbons (Fsp3) is 0.174. The summed E-state index contributed by atoms with van der Waals surface area (Å²) >= 11 is 6.46. The minimum absolute atomic E-state index is 0.0977. The van der Waals surface area contributed by atoms with Crippen molar-refractivity contribution < 1.29 is 4.79 Å². The molecule has 4 aromatic rings. The molecule has 6 nitrogen and oxygen atoms in total. The van der Waals surface area contributed by atoms with Gasteiger partial charge in [0.2, 0.25) is 0 Å². The Balaban J connectivity index is 1.52. The number of amides is 1. The Labute approximate surface area is 179 Å². The molecule has 1 amide bonds. The number of anilines is 2. The van der Waals surface area contributed by atoms with E-state index in [0.29, 0.717) is 21.9 Å². The zero-order valence-corrected chi connectivity index (χ0v) is 17.7. The number of nitrogens with zero attached hydrogens (tertiary/aromatic N) is 3. The van der Waals surface area contributed by atoms with Gasteiger partial charge in [-0.1, -0.05) is 41.9 Å². The SMILES string of the molecule is Cc1cc(C)n2ncc(C(=O)Nc3ccc(NC(C)c4ccccc4)c(Cl)c3)c2n1. The van der Waals surface area contributed by atoms with Crippen molar-refractivity contribution in [1.29, 1.82) is 0 Å². The van der Waals surface area contributed by atoms with Crippen LogP contribution in [0.5, 0.6) is 0 Å². The van der Waals surface area contributed by atoms with Gasteiger partial charge in [-0.2, -0.15) is 5.10 Å². The Bertz CT molecular complexity index is 1220. The normalized spacial score (nSPS) is 12.0. The number of nitrogens with one attached hydrogen (secondary N) is 2. The monoisotopic (exact) mass is 419 g/mol. The van der Waals surface area contributed by atoms with Crippen LogP contribution in [0.1, 0.15) is 40.3 Å². The van der Waals surface area contributed by atoms with Crippen molar-refractivity contribution in [2.75, 3.05) is 10.6 Å². The highest BCUT2D eigenvalue weighted by molar-refractivity contribution is 6.33. The molecule has 0 bridgehead atoms. The molecule has 152 valence electrons. The summed E-state index contributed by atoms with van der Waals surface area (Å²) in [5, 5.41) is 11.1. The topological polar surface area (TPSA) is 71.3 Å². The first kappa shape index (κ1) is 19.9. The van der Waals surface area contributed by atoms with Gasteiger partial charge in [0.25, 0.3) is 5.91 Å². The Morgan fingerprint density at radius 3 is 2.60 bits per heavy atom. The number of carbonyl (C=O) groups excluding carboxylic acids is 1. The van der Waals surface area contributed by atoms with E-state index in [-0.39, 0.29) is 11.9 Å². The summed E-state index contributed by atoms with van der Waals surface area (Å²) in [5.41, 5.74) is 5.27. The van der Waals surface area contributed by atoms with Crippen molar-refractivity contribution in [3.05, 3.63) is 88.3 Å². The van der Waals surface area contributed by atoms with Gasteiger partial charge in [0.15, 0.2) is 5.65 Å². The number of halogens is 1. The molecule has 0 spiro atoms. The summed E-state index contributed by atoms with van der Waals surface area (Å²) in [7, 11) is 0. The largest absolute Gasteiger partial charge is 0.377 e. The molecule has 7 heteroatoms. The summed E-state index contributed by atoms with van der Waals surface area (Å²) in [6, 6.07) is 17.6. The van der Waals surface area contributed by atoms with Gasteiger partial charge in [-0.05, 0) is 50.6 Å². The van der Waals surface area contributed by atoms with E-state index in [9.17, 15) is 4.79 Å². The maximum absolute atomic E-state index is 12.8. The zero-order chi connectivity index (χ0) is 21.3. The molecular formula is C23H22ClN5O. The van der Waals surface area contributed by atoms with E-state index < -0.39 is 0 Å². The van der Waals surface area contributed by atoms with Gasteiger partial charge in [0, 0.05) is 23.1 Å². The predicted molar refractivity (Wildman–Crippen MR) is 120 cm³/mol. The van der Waals surface area contributed by atoms with Crippen LogP contribution in [0.3, 0.4) is 0 Å². The lowest BCUT2D eigenvalue weighted by Crippen LogP contribution is -2.13. The van der Waals surface area contributed by atoms with E-state index in [4.69, 9.17) is 11.6 Å². The first-order valence-corrected chi connectivity index (χ1v) is 10.0. The van der Waals surface area contributed by atoms with Gasteiger partial charge in [-0.3, -0.25) is 4.79 Å². The van der Waals surface area contributed by atoms with Crippen LogP contribution in [-0.4, -0.2) is 20.5 Å². The number of hydrogen-bond donors (Lipinski definition) is 2. The van der Waals surface area contributed by atoms with Crippen LogP contribution in [0.4, 0.5) is 11.4 Å². The van der Waals surface area contributed by atoms with Crippen LogP contribution in [-0.2, 0) is 0 Å². The molecule has 1 unspecified atom stereocenters. The van der Waals surface area contributed by atoms with Crippen molar-refractivity contribution in [2.24, 2.45) is 0 Å². The van der Waals surface area contributed by atoms with Crippen LogP contribution in [0, 0.1) is 13.8 Å². The third-order valence-electron chi connectivity index (χ3n) is 4.92. The van der Waals surface area contributed by atoms with Crippen LogP contribution < -0.4 is 10.6 Å². The quantitative estimate of drug-likeness (QED) is 0.452. The molecule has 0 radical (unpaired) electrons. The molecule has 2 aromatic carbocycles. The van der Waals surface area contributed by atoms with E-state index in [1.54, 1.807) is 10.6 Å². The molecule has 30 heavy (non-hydrogen) atoms. The number of fused-ring (bicyclic) bond motifs is 1. The van der Waals surface area contributed by atoms with E-state index in [1.807, 2.05) is 50.2 Å². The van der Waals surface area contributed by atoms with Crippen LogP contribution >= 0.6 is 11.6 Å². The number of aromatic nitrogens is 3. The van der Waals surface area contributed by atoms with Gasteiger partial charge in [0.05, 0.1) is 16.9 Å². The molecule has 0 aliphatic rings. The maximum Gasteiger partial charge on any atom is 0.261 e. The Morgan fingerprint density at radius 1 is 1.10 bits per heavy atom. The second kappa shape index (κ2) is 8.16. The van der Waals surface area contributed by atoms with Gasteiger partial charge in [-0.15, -0.1) is 0 Å². The zero-order valence-electron chi connectivity index (χ0n) is 17.0. The summed E-state index contributed by atoms with van der Waals surface area (Å²) in [6.45, 7) is 5.89. The number of hydrogen-bond acceptors (Lipinski definition) is 4. The molecule has 0 saturated carbocycles. The van der Waals surface area contributed by atoms with Gasteiger partial charge in [0.1, 0.15) is 5.56 Å². The summed E-state index contributed by atoms with van der Waals surface area (Å²) in [6.07, 6.45) is 1.53. The average Bonchev–Trinajstić information content (AvgIpc) is 3.15. The number of benzene rings is 2. The smallest absolute Gasteiger partial charge is 0.261 e. The third-order valence-corrected chi connectivity index (χ3v) is 5.23. The Morgan fingerprint density at radius 2 is 1.87 bits per heavy atom. The second-order valence-corrected chi connectivity index (χ2v) is 7.67. The minimum Gasteiger partial charge on any atom is -0.377 e. The lowest BCUT2D eigenvalue weighted by molar-refractivity contribution is 0.102. The molecule has 2 N–H and O–H groups in total. The molecule has 0 saturated heterocycles. The molecule has 1 atom stereocenters. The molecule has 0 fully saturated rings. The van der Waals surface area contributed by atoms with Crippen LogP contribution in [0.2, 0.25) is 5.02 Å². The van der Waals surface area contributed by atoms with E-state index in [1.165, 1.54) is 6.20 Å². The highest BCUT2D eigenvalue weighted by Crippen LogP contribution is 2.29. The summed E-state index contributed by atoms with van der Waals surface area (Å²) in [5.74, 6) is -0.281. The summed E-state index contributed by atoms with van der Waals surface area (Å²) < 4.78 is 1.66. The molecule has 4 rings (SSSR count). The lowest BCUT2D eigenvalue weighted by atomic mass is 10.1. The Kier molecular flexibility index (Phi) is 5.42. The molecule has 0 aliphatic carbocycles. The second-order valence-electron chi connectivity index (χ2n) is 7.26. The average molecular weight is 420 g/mol. The summed E-state index contributed by atoms with van der Waals surface area (Å²) in [4.78, 5) is 17.3. The first-order valence-electron chi connectivity index (χ1n) is 9.67. The maximum atomic E-state index is 12.8. The minimum atomic E-state index is -0.281. The highest BCUT2D eigenvalue weighted by Gasteiger charge is 2.16. The van der Waals surface area contributed by atoms with Crippen molar-refractivity contribution in [3.63, 3.8) is 0 Å². The number of rotatable bonds is 5. The van der Waals surface area contributed by atoms with E-state index in [0.717, 1.165) is 22.6 Å². The Hall–Kier alpha value is -3.38. The fourth-order valence-corrected chi connectivity index (χ4v) is 3.63. The third kappa shape index (κ3) is 4.00.